The first-order valence-corrected chi connectivity index (χ1v) is 9.34. The quantitative estimate of drug-likeness (QED) is 0.395. The van der Waals surface area contributed by atoms with E-state index < -0.39 is 0 Å². The van der Waals surface area contributed by atoms with Crippen LogP contribution in [0.5, 0.6) is 0 Å². The van der Waals surface area contributed by atoms with E-state index in [0.717, 1.165) is 0 Å². The SMILES string of the molecule is [SiH3][SiH2]c1bcccc1. The maximum atomic E-state index is 2.24. The molecule has 0 aliphatic heterocycles. The van der Waals surface area contributed by atoms with Gasteiger partial charge in [-0.25, -0.2) is 0 Å². The second-order valence-corrected chi connectivity index (χ2v) is 5.48. The first-order chi connectivity index (χ1) is 3.93. The van der Waals surface area contributed by atoms with Gasteiger partial charge in [-0.1, -0.05) is 0 Å². The first-order valence-electron chi connectivity index (χ1n) is 2.97. The predicted octanol–water partition coefficient (Wildman–Crippen LogP) is -1.90. The Morgan fingerprint density at radius 3 is 2.75 bits per heavy atom. The zero-order chi connectivity index (χ0) is 5.82. The molecular weight excluding hydrogens is 127 g/mol. The normalized spacial score (nSPS) is 10.5. The minimum atomic E-state index is 0.230. The first kappa shape index (κ1) is 5.98. The molecule has 3 heteroatoms. The van der Waals surface area contributed by atoms with Crippen LogP contribution in [0.4, 0.5) is 0 Å². The Hall–Kier alpha value is -0.151. The Labute approximate surface area is 55.6 Å². The van der Waals surface area contributed by atoms with E-state index in [1.54, 1.807) is 5.08 Å². The van der Waals surface area contributed by atoms with Crippen molar-refractivity contribution in [3.63, 3.8) is 0 Å². The van der Waals surface area contributed by atoms with Crippen LogP contribution in [0, 0.1) is 0 Å². The van der Waals surface area contributed by atoms with Gasteiger partial charge in [0.25, 0.3) is 0 Å². The Kier molecular flexibility index (Phi) is 2.24. The van der Waals surface area contributed by atoms with Crippen molar-refractivity contribution in [3.05, 3.63) is 24.2 Å². The van der Waals surface area contributed by atoms with Crippen molar-refractivity contribution >= 4 is 30.8 Å². The Morgan fingerprint density at radius 2 is 2.38 bits per heavy atom. The molecule has 0 saturated carbocycles. The third-order valence-electron chi connectivity index (χ3n) is 1.25. The Bertz CT molecular complexity index is 152. The Balaban J connectivity index is 2.83. The molecule has 1 rings (SSSR count). The molecule has 0 spiro atoms. The second kappa shape index (κ2) is 2.99. The molecule has 1 aromatic heterocycles. The van der Waals surface area contributed by atoms with Crippen molar-refractivity contribution in [1.29, 1.82) is 0 Å². The van der Waals surface area contributed by atoms with Gasteiger partial charge in [0, 0.05) is 0 Å². The summed E-state index contributed by atoms with van der Waals surface area (Å²) in [5.41, 5.74) is 0. The topological polar surface area (TPSA) is 0 Å². The van der Waals surface area contributed by atoms with Crippen LogP contribution in [0.25, 0.3) is 0 Å². The van der Waals surface area contributed by atoms with E-state index >= 15 is 0 Å². The van der Waals surface area contributed by atoms with Crippen molar-refractivity contribution in [3.8, 4) is 0 Å². The molecule has 0 fully saturated rings. The van der Waals surface area contributed by atoms with Crippen molar-refractivity contribution in [2.45, 2.75) is 0 Å². The summed E-state index contributed by atoms with van der Waals surface area (Å²) in [5, 5.41) is 1.61. The van der Waals surface area contributed by atoms with Crippen LogP contribution < -0.4 is 5.08 Å². The summed E-state index contributed by atoms with van der Waals surface area (Å²) >= 11 is 0. The second-order valence-electron chi connectivity index (χ2n) is 1.84. The summed E-state index contributed by atoms with van der Waals surface area (Å²) in [4.78, 5) is 0. The van der Waals surface area contributed by atoms with E-state index in [1.807, 2.05) is 0 Å². The van der Waals surface area contributed by atoms with Gasteiger partial charge in [0.05, 0.1) is 0 Å². The maximum absolute atomic E-state index is 2.24. The van der Waals surface area contributed by atoms with Crippen molar-refractivity contribution in [2.75, 3.05) is 0 Å². The zero-order valence-electron chi connectivity index (χ0n) is 5.09. The van der Waals surface area contributed by atoms with Crippen LogP contribution in [0.15, 0.2) is 24.2 Å². The van der Waals surface area contributed by atoms with Gasteiger partial charge in [0.2, 0.25) is 0 Å². The van der Waals surface area contributed by atoms with Crippen LogP contribution in [0.1, 0.15) is 0 Å². The van der Waals surface area contributed by atoms with E-state index in [0.29, 0.717) is 0 Å². The van der Waals surface area contributed by atoms with Crippen LogP contribution in [0.2, 0.25) is 0 Å². The van der Waals surface area contributed by atoms with Gasteiger partial charge in [-0.05, 0) is 0 Å². The van der Waals surface area contributed by atoms with E-state index in [2.05, 4.69) is 31.1 Å². The van der Waals surface area contributed by atoms with E-state index in [9.17, 15) is 0 Å². The van der Waals surface area contributed by atoms with Gasteiger partial charge in [-0.2, -0.15) is 0 Å². The molecule has 1 heterocycles. The number of hydrogen-bond acceptors (Lipinski definition) is 0. The van der Waals surface area contributed by atoms with Gasteiger partial charge >= 0.3 is 55.0 Å². The van der Waals surface area contributed by atoms with E-state index in [4.69, 9.17) is 0 Å². The summed E-state index contributed by atoms with van der Waals surface area (Å²) in [7, 11) is 1.65. The summed E-state index contributed by atoms with van der Waals surface area (Å²) < 4.78 is 0. The number of rotatable bonds is 1. The van der Waals surface area contributed by atoms with E-state index in [1.165, 1.54) is 9.76 Å². The molecule has 0 radical (unpaired) electrons. The molecule has 8 heavy (non-hydrogen) atoms. The fourth-order valence-corrected chi connectivity index (χ4v) is 2.87. The fraction of sp³-hybridized carbons (Fsp3) is 0. The molecular formula is C5H9BSi2. The average molecular weight is 136 g/mol. The van der Waals surface area contributed by atoms with E-state index in [-0.39, 0.29) is 9.04 Å². The molecule has 0 aliphatic rings. The molecule has 0 N–H and O–H groups in total. The summed E-state index contributed by atoms with van der Waals surface area (Å²) in [6.07, 6.45) is 0. The van der Waals surface area contributed by atoms with Crippen molar-refractivity contribution < 1.29 is 0 Å². The fourth-order valence-electron chi connectivity index (χ4n) is 0.714. The third kappa shape index (κ3) is 1.42. The molecule has 0 atom stereocenters. The third-order valence-corrected chi connectivity index (χ3v) is 4.99. The molecule has 0 aliphatic carbocycles. The molecule has 0 unspecified atom stereocenters. The summed E-state index contributed by atoms with van der Waals surface area (Å²) in [5.74, 6) is 2.13. The van der Waals surface area contributed by atoms with Gasteiger partial charge < -0.3 is 0 Å². The van der Waals surface area contributed by atoms with Gasteiger partial charge in [-0.3, -0.25) is 0 Å². The van der Waals surface area contributed by atoms with Gasteiger partial charge in [0.1, 0.15) is 0 Å². The molecule has 0 bridgehead atoms. The molecule has 0 amide bonds. The minimum absolute atomic E-state index is 0.230. The van der Waals surface area contributed by atoms with Crippen LogP contribution >= 0.6 is 0 Å². The predicted molar refractivity (Wildman–Crippen MR) is 45.9 cm³/mol. The van der Waals surface area contributed by atoms with Gasteiger partial charge in [-0.15, -0.1) is 0 Å². The van der Waals surface area contributed by atoms with Crippen LogP contribution in [0.3, 0.4) is 0 Å². The Morgan fingerprint density at radius 1 is 1.50 bits per heavy atom. The zero-order valence-corrected chi connectivity index (χ0v) is 8.51. The summed E-state index contributed by atoms with van der Waals surface area (Å²) in [6.45, 7) is 2.24. The summed E-state index contributed by atoms with van der Waals surface area (Å²) in [6, 6.07) is 6.44. The van der Waals surface area contributed by atoms with Gasteiger partial charge in [0.15, 0.2) is 0 Å². The molecule has 0 saturated heterocycles. The standard InChI is InChI=1S/C5H9BSi2/c7-8-5-3-1-2-4-6-5/h1-4H,8H2,7H3. The molecule has 0 nitrogen and oxygen atoms in total. The van der Waals surface area contributed by atoms with Crippen molar-refractivity contribution in [2.24, 2.45) is 0 Å². The molecule has 0 aromatic carbocycles. The molecule has 1 aromatic rings. The van der Waals surface area contributed by atoms with Crippen molar-refractivity contribution in [1.82, 2.24) is 0 Å². The van der Waals surface area contributed by atoms with Crippen LogP contribution in [-0.4, -0.2) is 25.7 Å². The molecule has 40 valence electrons. The number of hydrogen-bond donors (Lipinski definition) is 0. The van der Waals surface area contributed by atoms with Crippen LogP contribution in [-0.2, 0) is 0 Å². The monoisotopic (exact) mass is 136 g/mol. The average Bonchev–Trinajstić information content (AvgIpc) is 1.90.